The highest BCUT2D eigenvalue weighted by Crippen LogP contribution is 2.37. The summed E-state index contributed by atoms with van der Waals surface area (Å²) < 4.78 is 5.46. The van der Waals surface area contributed by atoms with Gasteiger partial charge in [0.05, 0.1) is 7.11 Å². The van der Waals surface area contributed by atoms with E-state index in [1.165, 1.54) is 12.1 Å². The van der Waals surface area contributed by atoms with Crippen molar-refractivity contribution in [2.45, 2.75) is 39.3 Å². The van der Waals surface area contributed by atoms with E-state index in [2.05, 4.69) is 30.9 Å². The van der Waals surface area contributed by atoms with Gasteiger partial charge in [0.15, 0.2) is 0 Å². The Morgan fingerprint density at radius 3 is 2.61 bits per heavy atom. The Morgan fingerprint density at radius 2 is 2.11 bits per heavy atom. The van der Waals surface area contributed by atoms with Gasteiger partial charge in [-0.2, -0.15) is 0 Å². The van der Waals surface area contributed by atoms with Crippen LogP contribution in [0.3, 0.4) is 0 Å². The Hall–Kier alpha value is -1.22. The molecule has 0 spiro atoms. The van der Waals surface area contributed by atoms with Crippen LogP contribution in [0.5, 0.6) is 5.75 Å². The summed E-state index contributed by atoms with van der Waals surface area (Å²) in [5.41, 5.74) is 8.50. The molecule has 0 bridgehead atoms. The second kappa shape index (κ2) is 5.19. The first kappa shape index (κ1) is 13.2. The van der Waals surface area contributed by atoms with E-state index in [1.807, 2.05) is 13.0 Å². The van der Waals surface area contributed by atoms with Gasteiger partial charge in [0, 0.05) is 29.9 Å². The van der Waals surface area contributed by atoms with Crippen LogP contribution in [0, 0.1) is 5.92 Å². The van der Waals surface area contributed by atoms with Crippen molar-refractivity contribution >= 4 is 5.69 Å². The van der Waals surface area contributed by atoms with Crippen LogP contribution < -0.4 is 15.4 Å². The maximum Gasteiger partial charge on any atom is 0.125 e. The van der Waals surface area contributed by atoms with Crippen LogP contribution in [0.1, 0.15) is 38.8 Å². The van der Waals surface area contributed by atoms with Crippen molar-refractivity contribution in [3.63, 3.8) is 0 Å². The van der Waals surface area contributed by atoms with Crippen LogP contribution in [0.25, 0.3) is 0 Å². The maximum atomic E-state index is 6.13. The number of anilines is 1. The van der Waals surface area contributed by atoms with Crippen molar-refractivity contribution in [3.05, 3.63) is 23.8 Å². The highest BCUT2D eigenvalue weighted by atomic mass is 16.5. The van der Waals surface area contributed by atoms with Crippen molar-refractivity contribution in [3.8, 4) is 5.75 Å². The highest BCUT2D eigenvalue weighted by Gasteiger charge is 2.29. The number of hydrogen-bond acceptors (Lipinski definition) is 3. The van der Waals surface area contributed by atoms with E-state index in [0.717, 1.165) is 23.8 Å². The summed E-state index contributed by atoms with van der Waals surface area (Å²) in [5.74, 6) is 1.64. The fourth-order valence-electron chi connectivity index (χ4n) is 3.05. The van der Waals surface area contributed by atoms with E-state index in [9.17, 15) is 0 Å². The molecule has 1 heterocycles. The van der Waals surface area contributed by atoms with E-state index in [1.54, 1.807) is 7.11 Å². The van der Waals surface area contributed by atoms with Gasteiger partial charge in [-0.05, 0) is 38.3 Å². The first-order chi connectivity index (χ1) is 8.54. The fourth-order valence-corrected chi connectivity index (χ4v) is 3.05. The number of methoxy groups -OCH3 is 1. The molecule has 0 saturated carbocycles. The van der Waals surface area contributed by atoms with Gasteiger partial charge in [0.25, 0.3) is 0 Å². The van der Waals surface area contributed by atoms with Gasteiger partial charge >= 0.3 is 0 Å². The summed E-state index contributed by atoms with van der Waals surface area (Å²) in [4.78, 5) is 2.46. The topological polar surface area (TPSA) is 38.5 Å². The molecule has 1 aromatic rings. The van der Waals surface area contributed by atoms with E-state index >= 15 is 0 Å². The van der Waals surface area contributed by atoms with Crippen molar-refractivity contribution in [1.82, 2.24) is 0 Å². The average Bonchev–Trinajstić information content (AvgIpc) is 2.67. The predicted molar refractivity (Wildman–Crippen MR) is 76.2 cm³/mol. The Balaban J connectivity index is 2.44. The normalized spacial score (nSPS) is 25.3. The van der Waals surface area contributed by atoms with Gasteiger partial charge in [-0.3, -0.25) is 0 Å². The number of hydrogen-bond donors (Lipinski definition) is 1. The van der Waals surface area contributed by atoms with Gasteiger partial charge in [-0.25, -0.2) is 0 Å². The van der Waals surface area contributed by atoms with Crippen LogP contribution in [0.4, 0.5) is 5.69 Å². The Kier molecular flexibility index (Phi) is 3.81. The third-order valence-corrected chi connectivity index (χ3v) is 3.81. The lowest BCUT2D eigenvalue weighted by molar-refractivity contribution is 0.407. The Morgan fingerprint density at radius 1 is 1.39 bits per heavy atom. The third-order valence-electron chi connectivity index (χ3n) is 3.81. The quantitative estimate of drug-likeness (QED) is 0.893. The second-order valence-electron chi connectivity index (χ2n) is 5.52. The molecular formula is C15H24N2O. The molecule has 100 valence electrons. The molecular weight excluding hydrogens is 224 g/mol. The number of nitrogens with two attached hydrogens (primary N) is 1. The summed E-state index contributed by atoms with van der Waals surface area (Å²) in [5, 5.41) is 0. The van der Waals surface area contributed by atoms with Gasteiger partial charge < -0.3 is 15.4 Å². The van der Waals surface area contributed by atoms with E-state index in [0.29, 0.717) is 6.04 Å². The lowest BCUT2D eigenvalue weighted by Crippen LogP contribution is -2.28. The molecule has 2 rings (SSSR count). The SMILES string of the molecule is COc1cccc(N2CC(C)CC2C)c1[C@H](C)N. The predicted octanol–water partition coefficient (Wildman–Crippen LogP) is 2.95. The molecule has 1 aliphatic rings. The van der Waals surface area contributed by atoms with Crippen molar-refractivity contribution in [2.24, 2.45) is 11.7 Å². The van der Waals surface area contributed by atoms with Crippen LogP contribution in [-0.2, 0) is 0 Å². The largest absolute Gasteiger partial charge is 0.496 e. The number of nitrogens with zero attached hydrogens (tertiary/aromatic N) is 1. The minimum absolute atomic E-state index is 0.0146. The lowest BCUT2D eigenvalue weighted by Gasteiger charge is -2.28. The van der Waals surface area contributed by atoms with Gasteiger partial charge in [0.1, 0.15) is 5.75 Å². The van der Waals surface area contributed by atoms with E-state index in [-0.39, 0.29) is 6.04 Å². The molecule has 0 aromatic heterocycles. The number of rotatable bonds is 3. The molecule has 1 saturated heterocycles. The molecule has 0 amide bonds. The molecule has 2 N–H and O–H groups in total. The molecule has 3 atom stereocenters. The number of benzene rings is 1. The minimum Gasteiger partial charge on any atom is -0.496 e. The van der Waals surface area contributed by atoms with Crippen molar-refractivity contribution in [1.29, 1.82) is 0 Å². The molecule has 1 fully saturated rings. The second-order valence-corrected chi connectivity index (χ2v) is 5.52. The van der Waals surface area contributed by atoms with E-state index in [4.69, 9.17) is 10.5 Å². The van der Waals surface area contributed by atoms with Crippen LogP contribution in [0.15, 0.2) is 18.2 Å². The summed E-state index contributed by atoms with van der Waals surface area (Å²) in [6.45, 7) is 7.72. The highest BCUT2D eigenvalue weighted by molar-refractivity contribution is 5.61. The Bertz CT molecular complexity index is 417. The minimum atomic E-state index is -0.0146. The van der Waals surface area contributed by atoms with Gasteiger partial charge in [-0.1, -0.05) is 13.0 Å². The van der Waals surface area contributed by atoms with Gasteiger partial charge in [0.2, 0.25) is 0 Å². The molecule has 0 aliphatic carbocycles. The van der Waals surface area contributed by atoms with Gasteiger partial charge in [-0.15, -0.1) is 0 Å². The first-order valence-corrected chi connectivity index (χ1v) is 6.73. The maximum absolute atomic E-state index is 6.13. The Labute approximate surface area is 110 Å². The molecule has 3 nitrogen and oxygen atoms in total. The van der Waals surface area contributed by atoms with Crippen molar-refractivity contribution < 1.29 is 4.74 Å². The zero-order valence-electron chi connectivity index (χ0n) is 11.8. The first-order valence-electron chi connectivity index (χ1n) is 6.73. The van der Waals surface area contributed by atoms with Crippen LogP contribution in [-0.4, -0.2) is 19.7 Å². The smallest absolute Gasteiger partial charge is 0.125 e. The molecule has 3 heteroatoms. The van der Waals surface area contributed by atoms with Crippen molar-refractivity contribution in [2.75, 3.05) is 18.6 Å². The zero-order valence-corrected chi connectivity index (χ0v) is 11.8. The lowest BCUT2D eigenvalue weighted by atomic mass is 10.0. The van der Waals surface area contributed by atoms with Crippen LogP contribution >= 0.6 is 0 Å². The molecule has 0 radical (unpaired) electrons. The summed E-state index contributed by atoms with van der Waals surface area (Å²) in [6.07, 6.45) is 1.25. The molecule has 2 unspecified atom stereocenters. The zero-order chi connectivity index (χ0) is 13.3. The summed E-state index contributed by atoms with van der Waals surface area (Å²) in [7, 11) is 1.71. The molecule has 18 heavy (non-hydrogen) atoms. The fraction of sp³-hybridized carbons (Fsp3) is 0.600. The van der Waals surface area contributed by atoms with E-state index < -0.39 is 0 Å². The van der Waals surface area contributed by atoms with Crippen LogP contribution in [0.2, 0.25) is 0 Å². The molecule has 1 aliphatic heterocycles. The standard InChI is InChI=1S/C15H24N2O/c1-10-8-11(2)17(9-10)13-6-5-7-14(18-4)15(13)12(3)16/h5-7,10-12H,8-9,16H2,1-4H3/t10?,11?,12-/m0/s1. The summed E-state index contributed by atoms with van der Waals surface area (Å²) >= 11 is 0. The summed E-state index contributed by atoms with van der Waals surface area (Å²) in [6, 6.07) is 6.77. The molecule has 1 aromatic carbocycles. The third kappa shape index (κ3) is 2.32. The number of ether oxygens (including phenoxy) is 1. The monoisotopic (exact) mass is 248 g/mol. The average molecular weight is 248 g/mol.